The van der Waals surface area contributed by atoms with E-state index in [1.165, 1.54) is 6.07 Å². The van der Waals surface area contributed by atoms with E-state index in [1.807, 2.05) is 0 Å². The van der Waals surface area contributed by atoms with Crippen molar-refractivity contribution in [3.8, 4) is 0 Å². The van der Waals surface area contributed by atoms with Gasteiger partial charge in [-0.2, -0.15) is 8.78 Å². The first-order valence-electron chi connectivity index (χ1n) is 5.12. The van der Waals surface area contributed by atoms with Crippen molar-refractivity contribution in [2.75, 3.05) is 0 Å². The first kappa shape index (κ1) is 12.6. The number of carbonyl (C=O) groups is 1. The van der Waals surface area contributed by atoms with Crippen LogP contribution in [0, 0.1) is 6.92 Å². The molecule has 1 aromatic carbocycles. The van der Waals surface area contributed by atoms with Crippen LogP contribution in [0.4, 0.5) is 17.6 Å². The predicted octanol–water partition coefficient (Wildman–Crippen LogP) is 3.56. The summed E-state index contributed by atoms with van der Waals surface area (Å²) in [5.41, 5.74) is 0.782. The van der Waals surface area contributed by atoms with E-state index in [0.29, 0.717) is 5.52 Å². The monoisotopic (exact) mass is 259 g/mol. The Labute approximate surface area is 99.6 Å². The molecule has 0 aliphatic heterocycles. The molecule has 0 bridgehead atoms. The molecule has 1 N–H and O–H groups in total. The summed E-state index contributed by atoms with van der Waals surface area (Å²) >= 11 is 0. The molecule has 0 amide bonds. The van der Waals surface area contributed by atoms with Crippen LogP contribution in [0.5, 0.6) is 0 Å². The van der Waals surface area contributed by atoms with Crippen molar-refractivity contribution in [3.05, 3.63) is 35.5 Å². The quantitative estimate of drug-likeness (QED) is 0.663. The summed E-state index contributed by atoms with van der Waals surface area (Å²) < 4.78 is 50.3. The van der Waals surface area contributed by atoms with E-state index in [-0.39, 0.29) is 5.39 Å². The third kappa shape index (κ3) is 1.87. The number of ketones is 1. The second kappa shape index (κ2) is 4.12. The molecular weight excluding hydrogens is 250 g/mol. The van der Waals surface area contributed by atoms with Gasteiger partial charge in [-0.15, -0.1) is 0 Å². The lowest BCUT2D eigenvalue weighted by Crippen LogP contribution is -2.36. The van der Waals surface area contributed by atoms with Crippen molar-refractivity contribution in [2.24, 2.45) is 0 Å². The maximum Gasteiger partial charge on any atom is 0.368 e. The molecule has 6 heteroatoms. The zero-order valence-electron chi connectivity index (χ0n) is 9.31. The molecule has 0 unspecified atom stereocenters. The Bertz CT molecular complexity index is 603. The number of carbonyl (C=O) groups excluding carboxylic acids is 1. The van der Waals surface area contributed by atoms with Gasteiger partial charge in [-0.05, 0) is 19.1 Å². The lowest BCUT2D eigenvalue weighted by Gasteiger charge is -2.12. The number of alkyl halides is 4. The van der Waals surface area contributed by atoms with E-state index in [0.717, 1.165) is 11.8 Å². The van der Waals surface area contributed by atoms with Gasteiger partial charge in [-0.3, -0.25) is 4.79 Å². The maximum atomic E-state index is 13.0. The van der Waals surface area contributed by atoms with Crippen molar-refractivity contribution in [3.63, 3.8) is 0 Å². The molecule has 0 aliphatic rings. The number of fused-ring (bicyclic) bond motifs is 1. The predicted molar refractivity (Wildman–Crippen MR) is 58.3 cm³/mol. The molecule has 0 atom stereocenters. The van der Waals surface area contributed by atoms with Gasteiger partial charge in [0.25, 0.3) is 0 Å². The number of hydrogen-bond donors (Lipinski definition) is 1. The average Bonchev–Trinajstić information content (AvgIpc) is 2.70. The fourth-order valence-corrected chi connectivity index (χ4v) is 1.70. The van der Waals surface area contributed by atoms with Crippen LogP contribution < -0.4 is 0 Å². The number of H-pyrrole nitrogens is 1. The Morgan fingerprint density at radius 1 is 1.33 bits per heavy atom. The summed E-state index contributed by atoms with van der Waals surface area (Å²) in [6, 6.07) is 4.82. The highest BCUT2D eigenvalue weighted by molar-refractivity contribution is 6.11. The third-order valence-corrected chi connectivity index (χ3v) is 2.66. The van der Waals surface area contributed by atoms with E-state index in [9.17, 15) is 22.4 Å². The minimum atomic E-state index is -4.67. The van der Waals surface area contributed by atoms with Crippen molar-refractivity contribution in [2.45, 2.75) is 19.3 Å². The Morgan fingerprint density at radius 3 is 2.61 bits per heavy atom. The van der Waals surface area contributed by atoms with Gasteiger partial charge in [-0.25, -0.2) is 8.78 Å². The second-order valence-electron chi connectivity index (χ2n) is 4.00. The van der Waals surface area contributed by atoms with E-state index in [1.54, 1.807) is 19.1 Å². The Balaban J connectivity index is 2.55. The van der Waals surface area contributed by atoms with Crippen LogP contribution in [0.15, 0.2) is 24.4 Å². The number of benzene rings is 1. The van der Waals surface area contributed by atoms with E-state index < -0.39 is 23.7 Å². The number of hydrogen-bond acceptors (Lipinski definition) is 1. The van der Waals surface area contributed by atoms with E-state index in [2.05, 4.69) is 4.98 Å². The van der Waals surface area contributed by atoms with Gasteiger partial charge < -0.3 is 4.98 Å². The van der Waals surface area contributed by atoms with Crippen molar-refractivity contribution >= 4 is 16.7 Å². The highest BCUT2D eigenvalue weighted by atomic mass is 19.3. The Kier molecular flexibility index (Phi) is 2.88. The van der Waals surface area contributed by atoms with E-state index >= 15 is 0 Å². The highest BCUT2D eigenvalue weighted by Gasteiger charge is 2.49. The third-order valence-electron chi connectivity index (χ3n) is 2.66. The lowest BCUT2D eigenvalue weighted by molar-refractivity contribution is -0.0957. The first-order chi connectivity index (χ1) is 8.34. The molecule has 2 nitrogen and oxygen atoms in total. The van der Waals surface area contributed by atoms with Crippen LogP contribution in [0.1, 0.15) is 15.9 Å². The van der Waals surface area contributed by atoms with Gasteiger partial charge in [-0.1, -0.05) is 11.6 Å². The number of halogens is 4. The minimum absolute atomic E-state index is 0.223. The number of aromatic nitrogens is 1. The van der Waals surface area contributed by atoms with Crippen LogP contribution >= 0.6 is 0 Å². The zero-order chi connectivity index (χ0) is 13.5. The summed E-state index contributed by atoms with van der Waals surface area (Å²) in [6.07, 6.45) is -2.98. The van der Waals surface area contributed by atoms with Crippen LogP contribution in [0.2, 0.25) is 0 Å². The first-order valence-corrected chi connectivity index (χ1v) is 5.12. The molecule has 0 spiro atoms. The van der Waals surface area contributed by atoms with Crippen LogP contribution in [0.3, 0.4) is 0 Å². The largest absolute Gasteiger partial charge is 0.368 e. The van der Waals surface area contributed by atoms with Gasteiger partial charge in [0.15, 0.2) is 0 Å². The Hall–Kier alpha value is -1.85. The number of rotatable bonds is 3. The van der Waals surface area contributed by atoms with Gasteiger partial charge in [0.2, 0.25) is 5.78 Å². The molecule has 18 heavy (non-hydrogen) atoms. The summed E-state index contributed by atoms with van der Waals surface area (Å²) in [4.78, 5) is 14.1. The molecule has 96 valence electrons. The molecule has 0 saturated carbocycles. The maximum absolute atomic E-state index is 13.0. The van der Waals surface area contributed by atoms with Crippen LogP contribution in [-0.4, -0.2) is 23.1 Å². The standard InChI is InChI=1S/C12H9F4NO/c1-6-2-3-9-7(4-6)8(5-17-9)10(18)12(15,16)11(13)14/h2-5,11,17H,1H3. The zero-order valence-corrected chi connectivity index (χ0v) is 9.31. The topological polar surface area (TPSA) is 32.9 Å². The molecule has 1 aromatic heterocycles. The number of aromatic amines is 1. The molecule has 0 saturated heterocycles. The number of nitrogens with one attached hydrogen (secondary N) is 1. The molecule has 2 rings (SSSR count). The van der Waals surface area contributed by atoms with Crippen LogP contribution in [0.25, 0.3) is 10.9 Å². The van der Waals surface area contributed by atoms with Gasteiger partial charge in [0.1, 0.15) is 0 Å². The Morgan fingerprint density at radius 2 is 2.00 bits per heavy atom. The fraction of sp³-hybridized carbons (Fsp3) is 0.250. The molecule has 0 fully saturated rings. The fourth-order valence-electron chi connectivity index (χ4n) is 1.70. The van der Waals surface area contributed by atoms with Crippen LogP contribution in [-0.2, 0) is 0 Å². The summed E-state index contributed by atoms with van der Waals surface area (Å²) in [7, 11) is 0. The summed E-state index contributed by atoms with van der Waals surface area (Å²) in [5, 5.41) is 0.223. The average molecular weight is 259 g/mol. The molecular formula is C12H9F4NO. The van der Waals surface area contributed by atoms with Crippen molar-refractivity contribution in [1.29, 1.82) is 0 Å². The lowest BCUT2D eigenvalue weighted by atomic mass is 10.0. The SMILES string of the molecule is Cc1ccc2[nH]cc(C(=O)C(F)(F)C(F)F)c2c1. The van der Waals surface area contributed by atoms with Gasteiger partial charge >= 0.3 is 12.3 Å². The molecule has 0 radical (unpaired) electrons. The van der Waals surface area contributed by atoms with Crippen molar-refractivity contribution in [1.82, 2.24) is 4.98 Å². The van der Waals surface area contributed by atoms with E-state index in [4.69, 9.17) is 0 Å². The second-order valence-corrected chi connectivity index (χ2v) is 4.00. The minimum Gasteiger partial charge on any atom is -0.360 e. The molecule has 2 aromatic rings. The van der Waals surface area contributed by atoms with Gasteiger partial charge in [0, 0.05) is 22.7 Å². The highest BCUT2D eigenvalue weighted by Crippen LogP contribution is 2.30. The summed E-state index contributed by atoms with van der Waals surface area (Å²) in [6.45, 7) is 1.71. The normalized spacial score (nSPS) is 12.3. The number of Topliss-reactive ketones (excluding diaryl/α,β-unsaturated/α-hetero) is 1. The molecule has 0 aliphatic carbocycles. The smallest absolute Gasteiger partial charge is 0.360 e. The summed E-state index contributed by atoms with van der Waals surface area (Å²) in [5.74, 6) is -6.53. The van der Waals surface area contributed by atoms with Gasteiger partial charge in [0.05, 0.1) is 0 Å². The number of aryl methyl sites for hydroxylation is 1. The van der Waals surface area contributed by atoms with Crippen molar-refractivity contribution < 1.29 is 22.4 Å². The molecule has 1 heterocycles.